The Labute approximate surface area is 166 Å². The first-order chi connectivity index (χ1) is 13.4. The molecule has 1 N–H and O–H groups in total. The van der Waals surface area contributed by atoms with Gasteiger partial charge in [0, 0.05) is 18.5 Å². The molecule has 0 aliphatic heterocycles. The fraction of sp³-hybridized carbons (Fsp3) is 0.100. The van der Waals surface area contributed by atoms with Crippen LogP contribution in [0.25, 0.3) is 21.3 Å². The predicted molar refractivity (Wildman–Crippen MR) is 111 cm³/mol. The average Bonchev–Trinajstić information content (AvgIpc) is 3.25. The van der Waals surface area contributed by atoms with Gasteiger partial charge in [0.2, 0.25) is 5.91 Å². The maximum atomic E-state index is 12.9. The topological polar surface area (TPSA) is 81.1 Å². The highest BCUT2D eigenvalue weighted by molar-refractivity contribution is 7.90. The number of nitrogens with one attached hydrogen (secondary N) is 1. The van der Waals surface area contributed by atoms with Gasteiger partial charge in [0.25, 0.3) is 10.0 Å². The van der Waals surface area contributed by atoms with Gasteiger partial charge in [-0.1, -0.05) is 35.6 Å². The Bertz CT molecular complexity index is 1290. The molecule has 2 aromatic carbocycles. The lowest BCUT2D eigenvalue weighted by Crippen LogP contribution is -2.11. The third kappa shape index (κ3) is 3.21. The number of hydrogen-bond acceptors (Lipinski definition) is 5. The number of aromatic nitrogens is 2. The number of carbonyl (C=O) groups is 1. The van der Waals surface area contributed by atoms with Crippen LogP contribution in [0.1, 0.15) is 12.6 Å². The van der Waals surface area contributed by atoms with Gasteiger partial charge in [-0.2, -0.15) is 0 Å². The molecule has 2 aromatic heterocycles. The highest BCUT2D eigenvalue weighted by Crippen LogP contribution is 2.35. The summed E-state index contributed by atoms with van der Waals surface area (Å²) in [4.78, 5) is 16.8. The van der Waals surface area contributed by atoms with E-state index in [0.29, 0.717) is 10.6 Å². The van der Waals surface area contributed by atoms with Crippen molar-refractivity contribution < 1.29 is 13.2 Å². The van der Waals surface area contributed by atoms with Gasteiger partial charge in [0.05, 0.1) is 21.0 Å². The number of hydrogen-bond donors (Lipinski definition) is 1. The molecule has 28 heavy (non-hydrogen) atoms. The van der Waals surface area contributed by atoms with Gasteiger partial charge < -0.3 is 5.32 Å². The minimum Gasteiger partial charge on any atom is -0.302 e. The SMILES string of the molecule is CC(=O)Nc1nc(C)c(-c2ccc3c(ccn3S(=O)(=O)c3ccccc3)c2)s1. The number of thiazole rings is 1. The first-order valence-corrected chi connectivity index (χ1v) is 10.8. The van der Waals surface area contributed by atoms with E-state index >= 15 is 0 Å². The van der Waals surface area contributed by atoms with Crippen molar-refractivity contribution in [3.05, 3.63) is 66.5 Å². The van der Waals surface area contributed by atoms with E-state index in [1.165, 1.54) is 22.2 Å². The van der Waals surface area contributed by atoms with Gasteiger partial charge in [-0.3, -0.25) is 4.79 Å². The minimum atomic E-state index is -3.66. The second kappa shape index (κ2) is 6.88. The Morgan fingerprint density at radius 2 is 1.86 bits per heavy atom. The molecule has 2 heterocycles. The second-order valence-corrected chi connectivity index (χ2v) is 9.13. The zero-order valence-corrected chi connectivity index (χ0v) is 16.8. The number of fused-ring (bicyclic) bond motifs is 1. The van der Waals surface area contributed by atoms with Crippen LogP contribution in [-0.4, -0.2) is 23.3 Å². The van der Waals surface area contributed by atoms with Crippen LogP contribution >= 0.6 is 11.3 Å². The second-order valence-electron chi connectivity index (χ2n) is 6.32. The van der Waals surface area contributed by atoms with Gasteiger partial charge in [-0.25, -0.2) is 17.4 Å². The van der Waals surface area contributed by atoms with Crippen molar-refractivity contribution in [1.29, 1.82) is 0 Å². The summed E-state index contributed by atoms with van der Waals surface area (Å²) in [5, 5.41) is 4.06. The molecule has 0 radical (unpaired) electrons. The molecule has 0 unspecified atom stereocenters. The molecule has 0 saturated heterocycles. The molecule has 1 amide bonds. The molecule has 4 aromatic rings. The van der Waals surface area contributed by atoms with Gasteiger partial charge >= 0.3 is 0 Å². The van der Waals surface area contributed by atoms with Crippen LogP contribution in [0.5, 0.6) is 0 Å². The van der Waals surface area contributed by atoms with E-state index in [1.807, 2.05) is 19.1 Å². The minimum absolute atomic E-state index is 0.168. The van der Waals surface area contributed by atoms with Crippen LogP contribution in [0.3, 0.4) is 0 Å². The summed E-state index contributed by atoms with van der Waals surface area (Å²) >= 11 is 1.39. The fourth-order valence-electron chi connectivity index (χ4n) is 3.04. The van der Waals surface area contributed by atoms with Crippen LogP contribution < -0.4 is 5.32 Å². The number of aryl methyl sites for hydroxylation is 1. The van der Waals surface area contributed by atoms with Crippen molar-refractivity contribution in [3.63, 3.8) is 0 Å². The summed E-state index contributed by atoms with van der Waals surface area (Å²) in [6.45, 7) is 3.32. The van der Waals surface area contributed by atoms with Gasteiger partial charge in [0.1, 0.15) is 0 Å². The first kappa shape index (κ1) is 18.4. The van der Waals surface area contributed by atoms with Crippen molar-refractivity contribution in [2.75, 3.05) is 5.32 Å². The Kier molecular flexibility index (Phi) is 4.52. The van der Waals surface area contributed by atoms with E-state index < -0.39 is 10.0 Å². The van der Waals surface area contributed by atoms with Gasteiger partial charge in [-0.15, -0.1) is 0 Å². The zero-order chi connectivity index (χ0) is 19.9. The normalized spacial score (nSPS) is 11.6. The van der Waals surface area contributed by atoms with E-state index in [9.17, 15) is 13.2 Å². The number of anilines is 1. The van der Waals surface area contributed by atoms with Crippen LogP contribution in [-0.2, 0) is 14.8 Å². The molecule has 0 aliphatic carbocycles. The van der Waals surface area contributed by atoms with Gasteiger partial charge in [-0.05, 0) is 42.8 Å². The number of carbonyl (C=O) groups excluding carboxylic acids is 1. The molecule has 0 fully saturated rings. The Balaban J connectivity index is 1.77. The molecular formula is C20H17N3O3S2. The zero-order valence-electron chi connectivity index (χ0n) is 15.2. The highest BCUT2D eigenvalue weighted by Gasteiger charge is 2.19. The van der Waals surface area contributed by atoms with E-state index in [4.69, 9.17) is 0 Å². The van der Waals surface area contributed by atoms with Crippen molar-refractivity contribution in [3.8, 4) is 10.4 Å². The maximum Gasteiger partial charge on any atom is 0.268 e. The Morgan fingerprint density at radius 3 is 2.57 bits per heavy atom. The van der Waals surface area contributed by atoms with Crippen LogP contribution in [0.2, 0.25) is 0 Å². The summed E-state index contributed by atoms with van der Waals surface area (Å²) in [7, 11) is -3.66. The van der Waals surface area contributed by atoms with Crippen molar-refractivity contribution in [2.45, 2.75) is 18.7 Å². The molecule has 0 spiro atoms. The summed E-state index contributed by atoms with van der Waals surface area (Å²) in [6, 6.07) is 15.7. The molecular weight excluding hydrogens is 394 g/mol. The number of amides is 1. The number of nitrogens with zero attached hydrogens (tertiary/aromatic N) is 2. The largest absolute Gasteiger partial charge is 0.302 e. The first-order valence-electron chi connectivity index (χ1n) is 8.53. The molecule has 0 aliphatic rings. The van der Waals surface area contributed by atoms with Crippen molar-refractivity contribution in [2.24, 2.45) is 0 Å². The monoisotopic (exact) mass is 411 g/mol. The highest BCUT2D eigenvalue weighted by atomic mass is 32.2. The Morgan fingerprint density at radius 1 is 1.11 bits per heavy atom. The summed E-state index contributed by atoms with van der Waals surface area (Å²) in [5.41, 5.74) is 2.34. The van der Waals surface area contributed by atoms with E-state index in [-0.39, 0.29) is 10.8 Å². The quantitative estimate of drug-likeness (QED) is 0.544. The van der Waals surface area contributed by atoms with Crippen LogP contribution in [0.15, 0.2) is 65.7 Å². The van der Waals surface area contributed by atoms with E-state index in [2.05, 4.69) is 10.3 Å². The predicted octanol–water partition coefficient (Wildman–Crippen LogP) is 4.27. The summed E-state index contributed by atoms with van der Waals surface area (Å²) < 4.78 is 27.2. The summed E-state index contributed by atoms with van der Waals surface area (Å²) in [6.07, 6.45) is 1.57. The van der Waals surface area contributed by atoms with Crippen molar-refractivity contribution in [1.82, 2.24) is 8.96 Å². The van der Waals surface area contributed by atoms with E-state index in [0.717, 1.165) is 21.5 Å². The third-order valence-electron chi connectivity index (χ3n) is 4.30. The van der Waals surface area contributed by atoms with Gasteiger partial charge in [0.15, 0.2) is 5.13 Å². The molecule has 6 nitrogen and oxygen atoms in total. The van der Waals surface area contributed by atoms with Crippen LogP contribution in [0, 0.1) is 6.92 Å². The lowest BCUT2D eigenvalue weighted by atomic mass is 10.1. The van der Waals surface area contributed by atoms with E-state index in [1.54, 1.807) is 48.7 Å². The maximum absolute atomic E-state index is 12.9. The molecule has 8 heteroatoms. The number of benzene rings is 2. The third-order valence-corrected chi connectivity index (χ3v) is 7.12. The summed E-state index contributed by atoms with van der Waals surface area (Å²) in [5.74, 6) is -0.168. The fourth-order valence-corrected chi connectivity index (χ4v) is 5.43. The molecule has 0 saturated carbocycles. The standard InChI is InChI=1S/C20H17N3O3S2/c1-13-19(27-20(21-13)22-14(2)24)16-8-9-18-15(12-16)10-11-23(18)28(25,26)17-6-4-3-5-7-17/h3-12H,1-2H3,(H,21,22,24). The average molecular weight is 412 g/mol. The lowest BCUT2D eigenvalue weighted by Gasteiger charge is -2.08. The molecule has 4 rings (SSSR count). The Hall–Kier alpha value is -2.97. The van der Waals surface area contributed by atoms with Crippen molar-refractivity contribution >= 4 is 43.3 Å². The molecule has 0 bridgehead atoms. The molecule has 142 valence electrons. The smallest absolute Gasteiger partial charge is 0.268 e. The molecule has 0 atom stereocenters. The lowest BCUT2D eigenvalue weighted by molar-refractivity contribution is -0.114. The number of rotatable bonds is 4. The van der Waals surface area contributed by atoms with Crippen LogP contribution in [0.4, 0.5) is 5.13 Å².